The van der Waals surface area contributed by atoms with Gasteiger partial charge in [-0.2, -0.15) is 0 Å². The maximum atomic E-state index is 7.00. The monoisotopic (exact) mass is 651 g/mol. The molecule has 1 aromatic rings. The van der Waals surface area contributed by atoms with E-state index in [-0.39, 0.29) is 0 Å². The minimum absolute atomic E-state index is 0.549. The summed E-state index contributed by atoms with van der Waals surface area (Å²) in [7, 11) is 2.89. The van der Waals surface area contributed by atoms with Gasteiger partial charge in [0, 0.05) is 49.9 Å². The van der Waals surface area contributed by atoms with Crippen molar-refractivity contribution in [2.75, 3.05) is 51.6 Å². The van der Waals surface area contributed by atoms with E-state index in [9.17, 15) is 0 Å². The molecule has 3 atom stereocenters. The molecule has 0 amide bonds. The second kappa shape index (κ2) is 34.2. The Morgan fingerprint density at radius 1 is 0.696 bits per heavy atom. The highest BCUT2D eigenvalue weighted by atomic mass is 16.5. The molecule has 0 bridgehead atoms. The summed E-state index contributed by atoms with van der Waals surface area (Å²) in [6.45, 7) is 30.9. The summed E-state index contributed by atoms with van der Waals surface area (Å²) in [5, 5.41) is 10.2. The Hall–Kier alpha value is -2.18. The Kier molecular flexibility index (Phi) is 35.8. The van der Waals surface area contributed by atoms with Crippen molar-refractivity contribution >= 4 is 22.9 Å². The Labute approximate surface area is 287 Å². The summed E-state index contributed by atoms with van der Waals surface area (Å²) in [5.74, 6) is 3.17. The first-order valence-corrected chi connectivity index (χ1v) is 18.5. The van der Waals surface area contributed by atoms with Crippen molar-refractivity contribution in [2.24, 2.45) is 17.8 Å². The molecule has 6 heteroatoms. The van der Waals surface area contributed by atoms with E-state index in [1.54, 1.807) is 0 Å². The maximum Gasteiger partial charge on any atom is 0.121 e. The van der Waals surface area contributed by atoms with Gasteiger partial charge in [-0.3, -0.25) is 0 Å². The Morgan fingerprint density at radius 2 is 1.09 bits per heavy atom. The van der Waals surface area contributed by atoms with E-state index in [4.69, 9.17) is 25.1 Å². The Morgan fingerprint density at radius 3 is 1.43 bits per heavy atom. The van der Waals surface area contributed by atoms with Crippen molar-refractivity contribution in [1.82, 2.24) is 0 Å². The van der Waals surface area contributed by atoms with Gasteiger partial charge < -0.3 is 30.4 Å². The third-order valence-electron chi connectivity index (χ3n) is 8.23. The molecule has 0 saturated heterocycles. The van der Waals surface area contributed by atoms with Crippen LogP contribution in [0.4, 0.5) is 11.4 Å². The quantitative estimate of drug-likeness (QED) is 0.0762. The number of nitrogen functional groups attached to an aromatic ring is 1. The normalized spacial score (nSPS) is 12.1. The van der Waals surface area contributed by atoms with Crippen molar-refractivity contribution in [3.8, 4) is 0 Å². The highest BCUT2D eigenvalue weighted by Gasteiger charge is 2.16. The van der Waals surface area contributed by atoms with Crippen LogP contribution in [0.2, 0.25) is 0 Å². The van der Waals surface area contributed by atoms with Crippen LogP contribution in [0.3, 0.4) is 0 Å². The van der Waals surface area contributed by atoms with Gasteiger partial charge >= 0.3 is 0 Å². The number of nitrogens with two attached hydrogens (primary N) is 1. The molecular weight excluding hydrogens is 572 g/mol. The standard InChI is InChI=1S/C27H46N2O2.C10H22O.C2H6.CH4O/c1-8-12-14-22(10-3)18-30-20(5)24-17-27(29-7)25(16-26(24)28)21(6)31-19-23(11-4)15-13-9-2;1-4-7-8-10(5-2)9-11-6-3;2*1-2/h16-17,22-23,29H,5-6,8-15,18-19,28H2,1-4,7H3;10H,4-9H2,1-3H3;1-2H3;2H,1H3. The third kappa shape index (κ3) is 22.4. The fourth-order valence-corrected chi connectivity index (χ4v) is 4.87. The summed E-state index contributed by atoms with van der Waals surface area (Å²) < 4.78 is 17.5. The second-order valence-electron chi connectivity index (χ2n) is 11.6. The molecule has 1 rings (SSSR count). The van der Waals surface area contributed by atoms with Crippen molar-refractivity contribution in [1.29, 1.82) is 0 Å². The summed E-state index contributed by atoms with van der Waals surface area (Å²) in [4.78, 5) is 0. The van der Waals surface area contributed by atoms with Gasteiger partial charge in [0.15, 0.2) is 0 Å². The zero-order chi connectivity index (χ0) is 35.8. The first-order valence-electron chi connectivity index (χ1n) is 18.5. The summed E-state index contributed by atoms with van der Waals surface area (Å²) in [6, 6.07) is 3.91. The molecular formula is C40H78N2O4. The highest BCUT2D eigenvalue weighted by molar-refractivity contribution is 5.82. The molecule has 1 aromatic carbocycles. The molecule has 4 N–H and O–H groups in total. The van der Waals surface area contributed by atoms with Crippen molar-refractivity contribution in [3.05, 3.63) is 36.4 Å². The average molecular weight is 651 g/mol. The molecule has 0 saturated carbocycles. The molecule has 0 aliphatic rings. The van der Waals surface area contributed by atoms with Crippen LogP contribution < -0.4 is 11.1 Å². The predicted octanol–water partition coefficient (Wildman–Crippen LogP) is 11.6. The van der Waals surface area contributed by atoms with Crippen LogP contribution in [-0.4, -0.2) is 45.7 Å². The van der Waals surface area contributed by atoms with Crippen LogP contribution in [0.1, 0.15) is 150 Å². The first kappa shape index (κ1) is 48.2. The third-order valence-corrected chi connectivity index (χ3v) is 8.23. The van der Waals surface area contributed by atoms with Crippen LogP contribution >= 0.6 is 0 Å². The lowest BCUT2D eigenvalue weighted by Gasteiger charge is -2.21. The van der Waals surface area contributed by atoms with Crippen LogP contribution in [0.5, 0.6) is 0 Å². The number of aliphatic hydroxyl groups excluding tert-OH is 1. The Bertz CT molecular complexity index is 835. The smallest absolute Gasteiger partial charge is 0.121 e. The lowest BCUT2D eigenvalue weighted by molar-refractivity contribution is 0.104. The fraction of sp³-hybridized carbons (Fsp3) is 0.750. The molecule has 0 radical (unpaired) electrons. The van der Waals surface area contributed by atoms with Crippen molar-refractivity contribution in [2.45, 2.75) is 139 Å². The van der Waals surface area contributed by atoms with Gasteiger partial charge in [-0.05, 0) is 56.1 Å². The van der Waals surface area contributed by atoms with E-state index >= 15 is 0 Å². The number of nitrogens with one attached hydrogen (secondary N) is 1. The van der Waals surface area contributed by atoms with Crippen LogP contribution in [0.15, 0.2) is 25.3 Å². The number of unbranched alkanes of at least 4 members (excludes halogenated alkanes) is 3. The fourth-order valence-electron chi connectivity index (χ4n) is 4.87. The molecule has 0 aliphatic carbocycles. The molecule has 6 nitrogen and oxygen atoms in total. The number of rotatable bonds is 24. The van der Waals surface area contributed by atoms with Gasteiger partial charge in [0.25, 0.3) is 0 Å². The molecule has 0 spiro atoms. The van der Waals surface area contributed by atoms with E-state index in [2.05, 4.69) is 66.9 Å². The lowest BCUT2D eigenvalue weighted by atomic mass is 10.00. The SMILES string of the molecule is C=C(OCC(CC)CCCC)c1cc(NC)c(C(=C)OCC(CC)CCCC)cc1N.CC.CCCCC(CC)COCC.CO. The molecule has 0 fully saturated rings. The maximum absolute atomic E-state index is 7.00. The van der Waals surface area contributed by atoms with Gasteiger partial charge in [-0.1, -0.05) is 126 Å². The van der Waals surface area contributed by atoms with Gasteiger partial charge in [0.05, 0.1) is 13.2 Å². The second-order valence-corrected chi connectivity index (χ2v) is 11.6. The predicted molar refractivity (Wildman–Crippen MR) is 206 cm³/mol. The number of hydrogen-bond acceptors (Lipinski definition) is 6. The minimum Gasteiger partial charge on any atom is -0.493 e. The van der Waals surface area contributed by atoms with Gasteiger partial charge in [-0.15, -0.1) is 0 Å². The Balaban J connectivity index is -0.00000103. The van der Waals surface area contributed by atoms with E-state index in [0.717, 1.165) is 55.9 Å². The molecule has 0 aliphatic heterocycles. The number of anilines is 2. The molecule has 272 valence electrons. The van der Waals surface area contributed by atoms with Crippen molar-refractivity contribution in [3.63, 3.8) is 0 Å². The zero-order valence-electron chi connectivity index (χ0n) is 32.4. The van der Waals surface area contributed by atoms with E-state index in [0.29, 0.717) is 42.3 Å². The highest BCUT2D eigenvalue weighted by Crippen LogP contribution is 2.33. The van der Waals surface area contributed by atoms with Crippen molar-refractivity contribution < 1.29 is 19.3 Å². The van der Waals surface area contributed by atoms with Crippen LogP contribution in [0, 0.1) is 17.8 Å². The van der Waals surface area contributed by atoms with Gasteiger partial charge in [-0.25, -0.2) is 0 Å². The summed E-state index contributed by atoms with van der Waals surface area (Å²) >= 11 is 0. The largest absolute Gasteiger partial charge is 0.493 e. The molecule has 3 unspecified atom stereocenters. The number of benzene rings is 1. The number of hydrogen-bond donors (Lipinski definition) is 3. The van der Waals surface area contributed by atoms with E-state index in [1.807, 2.05) is 33.0 Å². The van der Waals surface area contributed by atoms with Crippen LogP contribution in [-0.2, 0) is 14.2 Å². The summed E-state index contributed by atoms with van der Waals surface area (Å²) in [5.41, 5.74) is 9.63. The average Bonchev–Trinajstić information content (AvgIpc) is 3.10. The first-order chi connectivity index (χ1) is 22.3. The molecule has 0 heterocycles. The number of ether oxygens (including phenoxy) is 3. The minimum atomic E-state index is 0.549. The van der Waals surface area contributed by atoms with Crippen LogP contribution in [0.25, 0.3) is 11.5 Å². The van der Waals surface area contributed by atoms with Gasteiger partial charge in [0.1, 0.15) is 11.5 Å². The van der Waals surface area contributed by atoms with E-state index in [1.165, 1.54) is 64.2 Å². The zero-order valence-corrected chi connectivity index (χ0v) is 32.4. The van der Waals surface area contributed by atoms with Gasteiger partial charge in [0.2, 0.25) is 0 Å². The molecule has 46 heavy (non-hydrogen) atoms. The summed E-state index contributed by atoms with van der Waals surface area (Å²) in [6.07, 6.45) is 14.7. The molecule has 0 aromatic heterocycles. The topological polar surface area (TPSA) is 86.0 Å². The lowest BCUT2D eigenvalue weighted by Crippen LogP contribution is -2.10. The van der Waals surface area contributed by atoms with E-state index < -0.39 is 0 Å². The number of aliphatic hydroxyl groups is 1.